The van der Waals surface area contributed by atoms with Gasteiger partial charge in [0.15, 0.2) is 5.96 Å². The summed E-state index contributed by atoms with van der Waals surface area (Å²) in [7, 11) is 1.85. The number of hydrogen-bond donors (Lipinski definition) is 1. The van der Waals surface area contributed by atoms with Crippen LogP contribution in [-0.4, -0.2) is 67.9 Å². The van der Waals surface area contributed by atoms with E-state index >= 15 is 0 Å². The molecule has 0 bridgehead atoms. The monoisotopic (exact) mass is 480 g/mol. The van der Waals surface area contributed by atoms with Gasteiger partial charge in [0.1, 0.15) is 6.10 Å². The number of aromatic nitrogens is 1. The Morgan fingerprint density at radius 2 is 2.24 bits per heavy atom. The molecule has 2 fully saturated rings. The highest BCUT2D eigenvalue weighted by Gasteiger charge is 2.32. The summed E-state index contributed by atoms with van der Waals surface area (Å²) in [5.74, 6) is 0.969. The lowest BCUT2D eigenvalue weighted by Crippen LogP contribution is -2.53. The van der Waals surface area contributed by atoms with Gasteiger partial charge in [-0.3, -0.25) is 4.99 Å². The normalized spacial score (nSPS) is 24.2. The standard InChI is InChI=1S/C17H28N4O2S.HI/c1-13-12-24-16(20-13)6-3-7-19-17(18-2)21-8-10-23-15(11-21)14-5-4-9-22-14;/h12,14-15H,3-11H2,1-2H3,(H,18,19);1H. The van der Waals surface area contributed by atoms with Crippen molar-refractivity contribution in [2.24, 2.45) is 4.99 Å². The van der Waals surface area contributed by atoms with Crippen molar-refractivity contribution in [1.82, 2.24) is 15.2 Å². The van der Waals surface area contributed by atoms with Crippen LogP contribution in [0.2, 0.25) is 0 Å². The van der Waals surface area contributed by atoms with Gasteiger partial charge in [0.2, 0.25) is 0 Å². The maximum absolute atomic E-state index is 5.92. The van der Waals surface area contributed by atoms with E-state index in [1.54, 1.807) is 11.3 Å². The Hall–Kier alpha value is -0.450. The molecule has 2 saturated heterocycles. The van der Waals surface area contributed by atoms with Gasteiger partial charge in [-0.05, 0) is 26.2 Å². The van der Waals surface area contributed by atoms with Gasteiger partial charge < -0.3 is 19.7 Å². The molecular formula is C17H29IN4O2S. The highest BCUT2D eigenvalue weighted by molar-refractivity contribution is 14.0. The molecule has 1 aromatic rings. The predicted octanol–water partition coefficient (Wildman–Crippen LogP) is 2.46. The summed E-state index contributed by atoms with van der Waals surface area (Å²) in [6.45, 7) is 6.30. The topological polar surface area (TPSA) is 59.0 Å². The molecule has 2 atom stereocenters. The third-order valence-corrected chi connectivity index (χ3v) is 5.53. The number of morpholine rings is 1. The van der Waals surface area contributed by atoms with Crippen LogP contribution in [0.5, 0.6) is 0 Å². The van der Waals surface area contributed by atoms with Crippen LogP contribution >= 0.6 is 35.3 Å². The van der Waals surface area contributed by atoms with Gasteiger partial charge in [-0.15, -0.1) is 35.3 Å². The number of hydrogen-bond acceptors (Lipinski definition) is 5. The van der Waals surface area contributed by atoms with Crippen LogP contribution in [-0.2, 0) is 15.9 Å². The van der Waals surface area contributed by atoms with Crippen LogP contribution in [0.1, 0.15) is 30.0 Å². The van der Waals surface area contributed by atoms with Crippen LogP contribution in [0.4, 0.5) is 0 Å². The molecule has 2 aliphatic heterocycles. The van der Waals surface area contributed by atoms with Crippen molar-refractivity contribution in [2.75, 3.05) is 39.9 Å². The van der Waals surface area contributed by atoms with Crippen LogP contribution in [0, 0.1) is 6.92 Å². The lowest BCUT2D eigenvalue weighted by atomic mass is 10.1. The number of guanidine groups is 1. The largest absolute Gasteiger partial charge is 0.375 e. The van der Waals surface area contributed by atoms with Crippen molar-refractivity contribution < 1.29 is 9.47 Å². The van der Waals surface area contributed by atoms with Gasteiger partial charge in [0.05, 0.1) is 17.7 Å². The quantitative estimate of drug-likeness (QED) is 0.304. The minimum atomic E-state index is 0. The van der Waals surface area contributed by atoms with E-state index in [-0.39, 0.29) is 36.2 Å². The number of nitrogens with one attached hydrogen (secondary N) is 1. The molecule has 142 valence electrons. The summed E-state index contributed by atoms with van der Waals surface area (Å²) in [4.78, 5) is 11.2. The number of ether oxygens (including phenoxy) is 2. The zero-order valence-electron chi connectivity index (χ0n) is 15.1. The van der Waals surface area contributed by atoms with Gasteiger partial charge >= 0.3 is 0 Å². The first kappa shape index (κ1) is 20.9. The van der Waals surface area contributed by atoms with Crippen molar-refractivity contribution in [3.05, 3.63) is 16.1 Å². The van der Waals surface area contributed by atoms with E-state index in [1.165, 1.54) is 5.01 Å². The number of aliphatic imine (C=N–C) groups is 1. The number of rotatable bonds is 5. The smallest absolute Gasteiger partial charge is 0.193 e. The van der Waals surface area contributed by atoms with Gasteiger partial charge in [0, 0.05) is 50.8 Å². The van der Waals surface area contributed by atoms with E-state index in [0.29, 0.717) is 0 Å². The summed E-state index contributed by atoms with van der Waals surface area (Å²) in [6.07, 6.45) is 4.75. The molecule has 0 amide bonds. The third-order valence-electron chi connectivity index (χ3n) is 4.50. The molecule has 0 saturated carbocycles. The van der Waals surface area contributed by atoms with E-state index in [1.807, 2.05) is 14.0 Å². The molecule has 0 aliphatic carbocycles. The SMILES string of the molecule is CN=C(NCCCc1nc(C)cs1)N1CCOC(C2CCCO2)C1.I. The van der Waals surface area contributed by atoms with Gasteiger partial charge in [-0.25, -0.2) is 4.98 Å². The molecular weight excluding hydrogens is 451 g/mol. The summed E-state index contributed by atoms with van der Waals surface area (Å²) in [5, 5.41) is 6.81. The molecule has 0 aromatic carbocycles. The van der Waals surface area contributed by atoms with Crippen LogP contribution in [0.3, 0.4) is 0 Å². The van der Waals surface area contributed by atoms with Crippen molar-refractivity contribution >= 4 is 41.3 Å². The molecule has 0 spiro atoms. The van der Waals surface area contributed by atoms with E-state index in [4.69, 9.17) is 9.47 Å². The molecule has 0 radical (unpaired) electrons. The molecule has 6 nitrogen and oxygen atoms in total. The van der Waals surface area contributed by atoms with E-state index in [9.17, 15) is 0 Å². The van der Waals surface area contributed by atoms with Gasteiger partial charge in [0.25, 0.3) is 0 Å². The highest BCUT2D eigenvalue weighted by Crippen LogP contribution is 2.21. The van der Waals surface area contributed by atoms with E-state index in [0.717, 1.165) is 70.2 Å². The Balaban J connectivity index is 0.00000225. The third kappa shape index (κ3) is 6.04. The summed E-state index contributed by atoms with van der Waals surface area (Å²) >= 11 is 1.75. The molecule has 25 heavy (non-hydrogen) atoms. The Morgan fingerprint density at radius 1 is 1.40 bits per heavy atom. The summed E-state index contributed by atoms with van der Waals surface area (Å²) < 4.78 is 11.7. The fourth-order valence-corrected chi connectivity index (χ4v) is 4.10. The first-order valence-electron chi connectivity index (χ1n) is 8.86. The Labute approximate surface area is 171 Å². The first-order chi connectivity index (χ1) is 11.8. The molecule has 2 aliphatic rings. The molecule has 3 rings (SSSR count). The van der Waals surface area contributed by atoms with Crippen LogP contribution < -0.4 is 5.32 Å². The second kappa shape index (κ2) is 10.6. The van der Waals surface area contributed by atoms with Crippen LogP contribution in [0.25, 0.3) is 0 Å². The number of aryl methyl sites for hydroxylation is 2. The molecule has 2 unspecified atom stereocenters. The minimum Gasteiger partial charge on any atom is -0.375 e. The minimum absolute atomic E-state index is 0. The fourth-order valence-electron chi connectivity index (χ4n) is 3.28. The van der Waals surface area contributed by atoms with Crippen molar-refractivity contribution in [1.29, 1.82) is 0 Å². The number of thiazole rings is 1. The van der Waals surface area contributed by atoms with E-state index < -0.39 is 0 Å². The average molecular weight is 480 g/mol. The van der Waals surface area contributed by atoms with Crippen molar-refractivity contribution in [3.63, 3.8) is 0 Å². The zero-order valence-corrected chi connectivity index (χ0v) is 18.2. The lowest BCUT2D eigenvalue weighted by molar-refractivity contribution is -0.0816. The second-order valence-electron chi connectivity index (χ2n) is 6.37. The van der Waals surface area contributed by atoms with Crippen molar-refractivity contribution in [2.45, 2.75) is 44.8 Å². The molecule has 1 aromatic heterocycles. The summed E-state index contributed by atoms with van der Waals surface area (Å²) in [5.41, 5.74) is 1.12. The Morgan fingerprint density at radius 3 is 2.92 bits per heavy atom. The lowest BCUT2D eigenvalue weighted by Gasteiger charge is -2.37. The Bertz CT molecular complexity index is 549. The molecule has 1 N–H and O–H groups in total. The van der Waals surface area contributed by atoms with Crippen LogP contribution in [0.15, 0.2) is 10.4 Å². The number of halogens is 1. The number of nitrogens with zero attached hydrogens (tertiary/aromatic N) is 3. The zero-order chi connectivity index (χ0) is 16.8. The Kier molecular flexibility index (Phi) is 8.88. The molecule has 3 heterocycles. The predicted molar refractivity (Wildman–Crippen MR) is 112 cm³/mol. The molecule has 8 heteroatoms. The summed E-state index contributed by atoms with van der Waals surface area (Å²) in [6, 6.07) is 0. The fraction of sp³-hybridized carbons (Fsp3) is 0.765. The average Bonchev–Trinajstić information content (AvgIpc) is 3.27. The maximum Gasteiger partial charge on any atom is 0.193 e. The van der Waals surface area contributed by atoms with Gasteiger partial charge in [-0.1, -0.05) is 0 Å². The van der Waals surface area contributed by atoms with Crippen molar-refractivity contribution in [3.8, 4) is 0 Å². The van der Waals surface area contributed by atoms with Gasteiger partial charge in [-0.2, -0.15) is 0 Å². The first-order valence-corrected chi connectivity index (χ1v) is 9.74. The maximum atomic E-state index is 5.92. The van der Waals surface area contributed by atoms with E-state index in [2.05, 4.69) is 25.6 Å². The highest BCUT2D eigenvalue weighted by atomic mass is 127. The second-order valence-corrected chi connectivity index (χ2v) is 7.31.